The van der Waals surface area contributed by atoms with E-state index in [2.05, 4.69) is 45.1 Å². The van der Waals surface area contributed by atoms with Crippen molar-refractivity contribution in [3.05, 3.63) is 29.8 Å². The van der Waals surface area contributed by atoms with E-state index in [4.69, 9.17) is 9.47 Å². The molecule has 3 heteroatoms. The summed E-state index contributed by atoms with van der Waals surface area (Å²) < 4.78 is 11.3. The fraction of sp³-hybridized carbons (Fsp3) is 0.625. The zero-order valence-corrected chi connectivity index (χ0v) is 12.6. The van der Waals surface area contributed by atoms with E-state index in [1.165, 1.54) is 5.56 Å². The SMILES string of the molecule is CCNCc1ccc(OCCOC(C)C(C)C)cc1. The number of benzene rings is 1. The summed E-state index contributed by atoms with van der Waals surface area (Å²) in [6.07, 6.45) is 0.283. The molecular weight excluding hydrogens is 238 g/mol. The van der Waals surface area contributed by atoms with Crippen molar-refractivity contribution in [1.29, 1.82) is 0 Å². The van der Waals surface area contributed by atoms with E-state index in [0.29, 0.717) is 19.1 Å². The Bertz CT molecular complexity index is 335. The summed E-state index contributed by atoms with van der Waals surface area (Å²) >= 11 is 0. The molecular formula is C16H27NO2. The zero-order valence-electron chi connectivity index (χ0n) is 12.6. The van der Waals surface area contributed by atoms with Crippen LogP contribution in [-0.2, 0) is 11.3 Å². The van der Waals surface area contributed by atoms with Crippen molar-refractivity contribution >= 4 is 0 Å². The molecule has 1 rings (SSSR count). The van der Waals surface area contributed by atoms with E-state index in [1.54, 1.807) is 0 Å². The topological polar surface area (TPSA) is 30.5 Å². The summed E-state index contributed by atoms with van der Waals surface area (Å²) in [4.78, 5) is 0. The molecule has 0 aliphatic rings. The van der Waals surface area contributed by atoms with Crippen LogP contribution in [0.15, 0.2) is 24.3 Å². The van der Waals surface area contributed by atoms with Crippen LogP contribution in [0.1, 0.15) is 33.3 Å². The van der Waals surface area contributed by atoms with E-state index < -0.39 is 0 Å². The summed E-state index contributed by atoms with van der Waals surface area (Å²) in [6, 6.07) is 8.21. The standard InChI is InChI=1S/C16H27NO2/c1-5-17-12-15-6-8-16(9-7-15)19-11-10-18-14(4)13(2)3/h6-9,13-14,17H,5,10-12H2,1-4H3. The molecule has 0 heterocycles. The fourth-order valence-electron chi connectivity index (χ4n) is 1.56. The lowest BCUT2D eigenvalue weighted by Gasteiger charge is -2.16. The Morgan fingerprint density at radius 1 is 1.05 bits per heavy atom. The molecule has 0 aliphatic carbocycles. The second kappa shape index (κ2) is 8.94. The largest absolute Gasteiger partial charge is 0.491 e. The first kappa shape index (κ1) is 16.0. The highest BCUT2D eigenvalue weighted by molar-refractivity contribution is 5.27. The van der Waals surface area contributed by atoms with Crippen LogP contribution in [0.2, 0.25) is 0 Å². The van der Waals surface area contributed by atoms with Gasteiger partial charge in [0.15, 0.2) is 0 Å². The van der Waals surface area contributed by atoms with Gasteiger partial charge >= 0.3 is 0 Å². The molecule has 108 valence electrons. The lowest BCUT2D eigenvalue weighted by atomic mass is 10.1. The van der Waals surface area contributed by atoms with Crippen molar-refractivity contribution in [2.24, 2.45) is 5.92 Å². The van der Waals surface area contributed by atoms with Gasteiger partial charge in [-0.2, -0.15) is 0 Å². The van der Waals surface area contributed by atoms with Gasteiger partial charge in [0.1, 0.15) is 12.4 Å². The molecule has 1 unspecified atom stereocenters. The van der Waals surface area contributed by atoms with Gasteiger partial charge in [-0.05, 0) is 37.1 Å². The molecule has 0 aliphatic heterocycles. The average molecular weight is 265 g/mol. The van der Waals surface area contributed by atoms with E-state index in [0.717, 1.165) is 18.8 Å². The van der Waals surface area contributed by atoms with Crippen LogP contribution in [0, 0.1) is 5.92 Å². The number of hydrogen-bond donors (Lipinski definition) is 1. The molecule has 1 atom stereocenters. The Morgan fingerprint density at radius 2 is 1.74 bits per heavy atom. The molecule has 3 nitrogen and oxygen atoms in total. The van der Waals surface area contributed by atoms with Crippen molar-refractivity contribution in [3.8, 4) is 5.75 Å². The molecule has 1 aromatic rings. The minimum atomic E-state index is 0.283. The minimum absolute atomic E-state index is 0.283. The Hall–Kier alpha value is -1.06. The van der Waals surface area contributed by atoms with Gasteiger partial charge in [0, 0.05) is 6.54 Å². The second-order valence-corrected chi connectivity index (χ2v) is 5.09. The highest BCUT2D eigenvalue weighted by Crippen LogP contribution is 2.12. The Balaban J connectivity index is 2.22. The summed E-state index contributed by atoms with van der Waals surface area (Å²) in [6.45, 7) is 11.7. The highest BCUT2D eigenvalue weighted by Gasteiger charge is 2.06. The van der Waals surface area contributed by atoms with Crippen LogP contribution in [0.5, 0.6) is 5.75 Å². The van der Waals surface area contributed by atoms with E-state index in [1.807, 2.05) is 12.1 Å². The van der Waals surface area contributed by atoms with Crippen molar-refractivity contribution < 1.29 is 9.47 Å². The summed E-state index contributed by atoms with van der Waals surface area (Å²) in [7, 11) is 0. The molecule has 1 N–H and O–H groups in total. The van der Waals surface area contributed by atoms with Gasteiger partial charge < -0.3 is 14.8 Å². The molecule has 1 aromatic carbocycles. The molecule has 0 bridgehead atoms. The Labute approximate surface area is 117 Å². The first-order valence-electron chi connectivity index (χ1n) is 7.17. The number of nitrogens with one attached hydrogen (secondary N) is 1. The smallest absolute Gasteiger partial charge is 0.119 e. The molecule has 19 heavy (non-hydrogen) atoms. The van der Waals surface area contributed by atoms with Crippen molar-refractivity contribution in [1.82, 2.24) is 5.32 Å². The predicted octanol–water partition coefficient (Wildman–Crippen LogP) is 3.24. The van der Waals surface area contributed by atoms with Crippen molar-refractivity contribution in [3.63, 3.8) is 0 Å². The third kappa shape index (κ3) is 6.60. The summed E-state index contributed by atoms with van der Waals surface area (Å²) in [5, 5.41) is 3.30. The van der Waals surface area contributed by atoms with Gasteiger partial charge in [0.2, 0.25) is 0 Å². The van der Waals surface area contributed by atoms with Crippen LogP contribution in [0.4, 0.5) is 0 Å². The van der Waals surface area contributed by atoms with Gasteiger partial charge in [-0.25, -0.2) is 0 Å². The van der Waals surface area contributed by atoms with Crippen LogP contribution >= 0.6 is 0 Å². The molecule has 0 aromatic heterocycles. The first-order chi connectivity index (χ1) is 9.13. The van der Waals surface area contributed by atoms with E-state index >= 15 is 0 Å². The first-order valence-corrected chi connectivity index (χ1v) is 7.17. The summed E-state index contributed by atoms with van der Waals surface area (Å²) in [5.74, 6) is 1.45. The second-order valence-electron chi connectivity index (χ2n) is 5.09. The minimum Gasteiger partial charge on any atom is -0.491 e. The predicted molar refractivity (Wildman–Crippen MR) is 79.6 cm³/mol. The Morgan fingerprint density at radius 3 is 2.32 bits per heavy atom. The quantitative estimate of drug-likeness (QED) is 0.695. The average Bonchev–Trinajstić information content (AvgIpc) is 2.42. The molecule has 0 saturated heterocycles. The maximum atomic E-state index is 5.67. The van der Waals surface area contributed by atoms with Crippen LogP contribution in [0.25, 0.3) is 0 Å². The molecule has 0 saturated carbocycles. The molecule has 0 fully saturated rings. The molecule has 0 radical (unpaired) electrons. The zero-order chi connectivity index (χ0) is 14.1. The third-order valence-corrected chi connectivity index (χ3v) is 3.17. The van der Waals surface area contributed by atoms with Gasteiger partial charge in [-0.3, -0.25) is 0 Å². The number of ether oxygens (including phenoxy) is 2. The number of hydrogen-bond acceptors (Lipinski definition) is 3. The van der Waals surface area contributed by atoms with Gasteiger partial charge in [-0.15, -0.1) is 0 Å². The van der Waals surface area contributed by atoms with Gasteiger partial charge in [0.25, 0.3) is 0 Å². The molecule has 0 spiro atoms. The van der Waals surface area contributed by atoms with Crippen LogP contribution < -0.4 is 10.1 Å². The Kier molecular flexibility index (Phi) is 7.53. The molecule has 0 amide bonds. The van der Waals surface area contributed by atoms with E-state index in [9.17, 15) is 0 Å². The van der Waals surface area contributed by atoms with Gasteiger partial charge in [0.05, 0.1) is 12.7 Å². The van der Waals surface area contributed by atoms with Crippen LogP contribution in [0.3, 0.4) is 0 Å². The van der Waals surface area contributed by atoms with Crippen LogP contribution in [-0.4, -0.2) is 25.9 Å². The maximum absolute atomic E-state index is 5.67. The maximum Gasteiger partial charge on any atom is 0.119 e. The fourth-order valence-corrected chi connectivity index (χ4v) is 1.56. The van der Waals surface area contributed by atoms with Gasteiger partial charge in [-0.1, -0.05) is 32.9 Å². The summed E-state index contributed by atoms with van der Waals surface area (Å²) in [5.41, 5.74) is 1.28. The third-order valence-electron chi connectivity index (χ3n) is 3.17. The highest BCUT2D eigenvalue weighted by atomic mass is 16.5. The lowest BCUT2D eigenvalue weighted by molar-refractivity contribution is 0.0188. The lowest BCUT2D eigenvalue weighted by Crippen LogP contribution is -2.19. The number of rotatable bonds is 9. The van der Waals surface area contributed by atoms with Crippen molar-refractivity contribution in [2.45, 2.75) is 40.3 Å². The van der Waals surface area contributed by atoms with Crippen molar-refractivity contribution in [2.75, 3.05) is 19.8 Å². The van der Waals surface area contributed by atoms with E-state index in [-0.39, 0.29) is 6.10 Å². The monoisotopic (exact) mass is 265 g/mol. The normalized spacial score (nSPS) is 12.7.